The van der Waals surface area contributed by atoms with Crippen molar-refractivity contribution >= 4 is 27.9 Å². The number of ether oxygens (including phenoxy) is 1. The molecule has 1 saturated heterocycles. The predicted octanol–water partition coefficient (Wildman–Crippen LogP) is 3.20. The van der Waals surface area contributed by atoms with Gasteiger partial charge in [0.2, 0.25) is 5.71 Å². The third kappa shape index (κ3) is 2.80. The highest BCUT2D eigenvalue weighted by Gasteiger charge is 2.18. The molecule has 3 heterocycles. The molecule has 0 radical (unpaired) electrons. The number of pyridine rings is 1. The summed E-state index contributed by atoms with van der Waals surface area (Å²) in [6.07, 6.45) is 2.17. The second-order valence-corrected chi connectivity index (χ2v) is 6.03. The van der Waals surface area contributed by atoms with E-state index in [4.69, 9.17) is 9.15 Å². The van der Waals surface area contributed by atoms with Crippen LogP contribution in [-0.4, -0.2) is 30.1 Å². The minimum atomic E-state index is -0.223. The van der Waals surface area contributed by atoms with E-state index in [2.05, 4.69) is 10.3 Å². The molecule has 1 aliphatic rings. The lowest BCUT2D eigenvalue weighted by Crippen LogP contribution is -2.31. The van der Waals surface area contributed by atoms with Crippen LogP contribution in [0.15, 0.2) is 34.7 Å². The minimum Gasteiger partial charge on any atom is -0.433 e. The van der Waals surface area contributed by atoms with Gasteiger partial charge in [0.05, 0.1) is 11.6 Å². The Morgan fingerprint density at radius 2 is 2.22 bits per heavy atom. The summed E-state index contributed by atoms with van der Waals surface area (Å²) in [5.41, 5.74) is 2.51. The number of fused-ring (bicyclic) bond motifs is 2. The van der Waals surface area contributed by atoms with Crippen molar-refractivity contribution in [1.82, 2.24) is 10.3 Å². The first-order valence-electron chi connectivity index (χ1n) is 7.90. The Kier molecular flexibility index (Phi) is 3.50. The summed E-state index contributed by atoms with van der Waals surface area (Å²) in [5, 5.41) is 4.74. The SMILES string of the molecule is Cc1ccc2cc3cc(C(=O)NCC4CCCO4)oc3nc2c1. The van der Waals surface area contributed by atoms with Gasteiger partial charge in [-0.25, -0.2) is 4.98 Å². The second kappa shape index (κ2) is 5.66. The average molecular weight is 310 g/mol. The number of nitrogens with one attached hydrogen (secondary N) is 1. The van der Waals surface area contributed by atoms with Crippen LogP contribution >= 0.6 is 0 Å². The van der Waals surface area contributed by atoms with Crippen LogP contribution in [0.2, 0.25) is 0 Å². The lowest BCUT2D eigenvalue weighted by Gasteiger charge is -2.09. The van der Waals surface area contributed by atoms with E-state index in [-0.39, 0.29) is 17.8 Å². The molecule has 0 bridgehead atoms. The van der Waals surface area contributed by atoms with Gasteiger partial charge < -0.3 is 14.5 Å². The Labute approximate surface area is 133 Å². The summed E-state index contributed by atoms with van der Waals surface area (Å²) >= 11 is 0. The zero-order valence-electron chi connectivity index (χ0n) is 13.0. The topological polar surface area (TPSA) is 64.4 Å². The molecule has 1 aromatic carbocycles. The number of rotatable bonds is 3. The summed E-state index contributed by atoms with van der Waals surface area (Å²) in [7, 11) is 0. The van der Waals surface area contributed by atoms with Gasteiger partial charge in [0.1, 0.15) is 0 Å². The number of furan rings is 1. The first kappa shape index (κ1) is 14.2. The van der Waals surface area contributed by atoms with Gasteiger partial charge in [-0.2, -0.15) is 0 Å². The predicted molar refractivity (Wildman–Crippen MR) is 87.6 cm³/mol. The van der Waals surface area contributed by atoms with Gasteiger partial charge in [0, 0.05) is 23.9 Å². The quantitative estimate of drug-likeness (QED) is 0.807. The maximum absolute atomic E-state index is 12.2. The van der Waals surface area contributed by atoms with Crippen LogP contribution in [0.1, 0.15) is 29.0 Å². The molecule has 1 amide bonds. The van der Waals surface area contributed by atoms with Gasteiger partial charge in [-0.1, -0.05) is 12.1 Å². The molecule has 5 heteroatoms. The van der Waals surface area contributed by atoms with Crippen LogP contribution < -0.4 is 5.32 Å². The monoisotopic (exact) mass is 310 g/mol. The molecule has 4 rings (SSSR count). The molecule has 1 aliphatic heterocycles. The van der Waals surface area contributed by atoms with Gasteiger partial charge in [0.25, 0.3) is 5.91 Å². The standard InChI is InChI=1S/C18H18N2O3/c1-11-4-5-12-8-13-9-16(23-18(13)20-15(12)7-11)17(21)19-10-14-3-2-6-22-14/h4-5,7-9,14H,2-3,6,10H2,1H3,(H,19,21). The number of aryl methyl sites for hydroxylation is 1. The van der Waals surface area contributed by atoms with Crippen LogP contribution in [0, 0.1) is 6.92 Å². The number of hydrogen-bond donors (Lipinski definition) is 1. The molecular formula is C18H18N2O3. The third-order valence-electron chi connectivity index (χ3n) is 4.20. The first-order chi connectivity index (χ1) is 11.2. The summed E-state index contributed by atoms with van der Waals surface area (Å²) in [6.45, 7) is 3.32. The summed E-state index contributed by atoms with van der Waals surface area (Å²) in [5.74, 6) is 0.0660. The Morgan fingerprint density at radius 1 is 1.30 bits per heavy atom. The number of aromatic nitrogens is 1. The van der Waals surface area contributed by atoms with E-state index in [1.165, 1.54) is 0 Å². The molecule has 3 aromatic rings. The molecule has 5 nitrogen and oxygen atoms in total. The molecule has 0 spiro atoms. The molecule has 118 valence electrons. The summed E-state index contributed by atoms with van der Waals surface area (Å²) in [6, 6.07) is 9.82. The molecule has 1 fully saturated rings. The Hall–Kier alpha value is -2.40. The molecule has 0 aliphatic carbocycles. The number of carbonyl (C=O) groups is 1. The lowest BCUT2D eigenvalue weighted by molar-refractivity contribution is 0.0836. The number of hydrogen-bond acceptors (Lipinski definition) is 4. The molecule has 0 saturated carbocycles. The maximum atomic E-state index is 12.2. The largest absolute Gasteiger partial charge is 0.433 e. The Morgan fingerprint density at radius 3 is 3.04 bits per heavy atom. The molecular weight excluding hydrogens is 292 g/mol. The van der Waals surface area contributed by atoms with Crippen molar-refractivity contribution in [2.24, 2.45) is 0 Å². The van der Waals surface area contributed by atoms with Crippen molar-refractivity contribution in [3.8, 4) is 0 Å². The van der Waals surface area contributed by atoms with E-state index in [1.807, 2.05) is 31.2 Å². The van der Waals surface area contributed by atoms with Gasteiger partial charge in [0.15, 0.2) is 5.76 Å². The normalized spacial score (nSPS) is 17.9. The Balaban J connectivity index is 1.59. The molecule has 1 unspecified atom stereocenters. The average Bonchev–Trinajstić information content (AvgIpc) is 3.19. The summed E-state index contributed by atoms with van der Waals surface area (Å²) < 4.78 is 11.1. The fraction of sp³-hybridized carbons (Fsp3) is 0.333. The second-order valence-electron chi connectivity index (χ2n) is 6.03. The van der Waals surface area contributed by atoms with Crippen LogP contribution in [0.5, 0.6) is 0 Å². The van der Waals surface area contributed by atoms with Crippen molar-refractivity contribution in [2.45, 2.75) is 25.9 Å². The fourth-order valence-corrected chi connectivity index (χ4v) is 2.95. The minimum absolute atomic E-state index is 0.118. The number of amides is 1. The van der Waals surface area contributed by atoms with Crippen molar-refractivity contribution in [1.29, 1.82) is 0 Å². The third-order valence-corrected chi connectivity index (χ3v) is 4.20. The fourth-order valence-electron chi connectivity index (χ4n) is 2.95. The van der Waals surface area contributed by atoms with E-state index < -0.39 is 0 Å². The van der Waals surface area contributed by atoms with E-state index >= 15 is 0 Å². The van der Waals surface area contributed by atoms with Crippen molar-refractivity contribution in [2.75, 3.05) is 13.2 Å². The highest BCUT2D eigenvalue weighted by molar-refractivity contribution is 5.98. The molecule has 2 aromatic heterocycles. The van der Waals surface area contributed by atoms with Gasteiger partial charge in [-0.15, -0.1) is 0 Å². The van der Waals surface area contributed by atoms with E-state index in [0.29, 0.717) is 12.3 Å². The summed E-state index contributed by atoms with van der Waals surface area (Å²) in [4.78, 5) is 16.7. The van der Waals surface area contributed by atoms with Gasteiger partial charge in [-0.3, -0.25) is 4.79 Å². The molecule has 1 atom stereocenters. The van der Waals surface area contributed by atoms with Crippen LogP contribution in [0.4, 0.5) is 0 Å². The number of carbonyl (C=O) groups excluding carboxylic acids is 1. The molecule has 1 N–H and O–H groups in total. The highest BCUT2D eigenvalue weighted by atomic mass is 16.5. The number of benzene rings is 1. The first-order valence-corrected chi connectivity index (χ1v) is 7.90. The van der Waals surface area contributed by atoms with E-state index in [1.54, 1.807) is 6.07 Å². The maximum Gasteiger partial charge on any atom is 0.287 e. The smallest absolute Gasteiger partial charge is 0.287 e. The van der Waals surface area contributed by atoms with Crippen LogP contribution in [-0.2, 0) is 4.74 Å². The zero-order valence-corrected chi connectivity index (χ0v) is 13.0. The zero-order chi connectivity index (χ0) is 15.8. The highest BCUT2D eigenvalue weighted by Crippen LogP contribution is 2.23. The van der Waals surface area contributed by atoms with Crippen molar-refractivity contribution < 1.29 is 13.9 Å². The van der Waals surface area contributed by atoms with Gasteiger partial charge >= 0.3 is 0 Å². The Bertz CT molecular complexity index is 878. The van der Waals surface area contributed by atoms with Crippen LogP contribution in [0.25, 0.3) is 22.0 Å². The number of nitrogens with zero attached hydrogens (tertiary/aromatic N) is 1. The lowest BCUT2D eigenvalue weighted by atomic mass is 10.1. The van der Waals surface area contributed by atoms with E-state index in [0.717, 1.165) is 41.3 Å². The van der Waals surface area contributed by atoms with Gasteiger partial charge in [-0.05, 0) is 43.5 Å². The van der Waals surface area contributed by atoms with Crippen molar-refractivity contribution in [3.63, 3.8) is 0 Å². The molecule has 23 heavy (non-hydrogen) atoms. The van der Waals surface area contributed by atoms with Crippen LogP contribution in [0.3, 0.4) is 0 Å². The van der Waals surface area contributed by atoms with E-state index in [9.17, 15) is 4.79 Å². The van der Waals surface area contributed by atoms with Crippen molar-refractivity contribution in [3.05, 3.63) is 41.7 Å².